The third-order valence-electron chi connectivity index (χ3n) is 4.02. The smallest absolute Gasteiger partial charge is 0.323 e. The monoisotopic (exact) mass is 386 g/mol. The molecule has 156 valence electrons. The Balaban J connectivity index is 0. The van der Waals surface area contributed by atoms with E-state index >= 15 is 0 Å². The van der Waals surface area contributed by atoms with Crippen LogP contribution in [0.15, 0.2) is 59.8 Å². The van der Waals surface area contributed by atoms with Gasteiger partial charge >= 0.3 is 5.97 Å². The molecule has 0 aromatic carbocycles. The molecule has 28 heavy (non-hydrogen) atoms. The first-order valence-corrected chi connectivity index (χ1v) is 10.1. The lowest BCUT2D eigenvalue weighted by molar-refractivity contribution is -0.144. The molecule has 4 heteroatoms. The van der Waals surface area contributed by atoms with Crippen molar-refractivity contribution in [2.24, 2.45) is 5.92 Å². The summed E-state index contributed by atoms with van der Waals surface area (Å²) < 4.78 is 4.83. The molecule has 0 aromatic heterocycles. The maximum atomic E-state index is 11.8. The molecule has 0 aromatic rings. The van der Waals surface area contributed by atoms with E-state index in [1.54, 1.807) is 12.2 Å². The molecular weight excluding hydrogens is 348 g/mol. The molecule has 0 aliphatic heterocycles. The topological polar surface area (TPSA) is 62.1 Å². The van der Waals surface area contributed by atoms with Crippen molar-refractivity contribution in [3.05, 3.63) is 59.8 Å². The molecule has 0 bridgehead atoms. The number of carbonyl (C=O) groups is 1. The summed E-state index contributed by atoms with van der Waals surface area (Å²) >= 11 is 0. The fourth-order valence-corrected chi connectivity index (χ4v) is 2.53. The molecule has 0 spiro atoms. The van der Waals surface area contributed by atoms with E-state index < -0.39 is 0 Å². The van der Waals surface area contributed by atoms with Gasteiger partial charge in [0.1, 0.15) is 6.04 Å². The van der Waals surface area contributed by atoms with Gasteiger partial charge in [0.25, 0.3) is 0 Å². The molecule has 0 radical (unpaired) electrons. The van der Waals surface area contributed by atoms with Crippen LogP contribution in [0.1, 0.15) is 54.4 Å². The van der Waals surface area contributed by atoms with Crippen LogP contribution in [0.2, 0.25) is 0 Å². The van der Waals surface area contributed by atoms with Crippen molar-refractivity contribution in [2.75, 3.05) is 13.7 Å². The van der Waals surface area contributed by atoms with Gasteiger partial charge < -0.3 is 10.1 Å². The number of esters is 1. The summed E-state index contributed by atoms with van der Waals surface area (Å²) in [5, 5.41) is 12.4. The molecule has 0 fully saturated rings. The number of nitrogens with zero attached hydrogens (tertiary/aromatic N) is 1. The van der Waals surface area contributed by atoms with Gasteiger partial charge in [-0.25, -0.2) is 0 Å². The summed E-state index contributed by atoms with van der Waals surface area (Å²) in [5.74, 6) is -0.0750. The molecule has 4 nitrogen and oxygen atoms in total. The molecule has 1 aliphatic rings. The Morgan fingerprint density at radius 2 is 1.89 bits per heavy atom. The van der Waals surface area contributed by atoms with Crippen LogP contribution in [0.4, 0.5) is 0 Å². The lowest BCUT2D eigenvalue weighted by atomic mass is 9.90. The van der Waals surface area contributed by atoms with Crippen LogP contribution in [0.3, 0.4) is 0 Å². The number of nitrogens with one attached hydrogen (secondary N) is 1. The minimum atomic E-state index is -0.308. The number of nitriles is 1. The highest BCUT2D eigenvalue weighted by Gasteiger charge is 2.22. The number of carbonyl (C=O) groups excluding carboxylic acids is 1. The summed E-state index contributed by atoms with van der Waals surface area (Å²) in [6, 6.07) is 1.84. The number of hydrogen-bond acceptors (Lipinski definition) is 4. The molecular formula is C24H38N2O2. The minimum absolute atomic E-state index is 0.162. The second kappa shape index (κ2) is 16.8. The van der Waals surface area contributed by atoms with Gasteiger partial charge in [-0.3, -0.25) is 4.79 Å². The van der Waals surface area contributed by atoms with E-state index in [-0.39, 0.29) is 17.9 Å². The predicted molar refractivity (Wildman–Crippen MR) is 120 cm³/mol. The van der Waals surface area contributed by atoms with E-state index in [1.165, 1.54) is 12.7 Å². The maximum absolute atomic E-state index is 11.8. The van der Waals surface area contributed by atoms with Gasteiger partial charge in [0.15, 0.2) is 0 Å². The Kier molecular flexibility index (Phi) is 16.7. The van der Waals surface area contributed by atoms with Crippen LogP contribution in [-0.4, -0.2) is 25.7 Å². The molecule has 1 atom stereocenters. The highest BCUT2D eigenvalue weighted by atomic mass is 16.5. The van der Waals surface area contributed by atoms with Gasteiger partial charge in [0.05, 0.1) is 18.8 Å². The van der Waals surface area contributed by atoms with Gasteiger partial charge in [-0.1, -0.05) is 78.5 Å². The second-order valence-corrected chi connectivity index (χ2v) is 6.05. The normalized spacial score (nSPS) is 14.0. The first-order chi connectivity index (χ1) is 13.4. The lowest BCUT2D eigenvalue weighted by Gasteiger charge is -2.22. The van der Waals surface area contributed by atoms with Crippen molar-refractivity contribution >= 4 is 5.97 Å². The van der Waals surface area contributed by atoms with E-state index in [0.29, 0.717) is 12.1 Å². The van der Waals surface area contributed by atoms with Gasteiger partial charge in [-0.2, -0.15) is 5.26 Å². The van der Waals surface area contributed by atoms with Crippen molar-refractivity contribution in [1.29, 1.82) is 5.26 Å². The van der Waals surface area contributed by atoms with Gasteiger partial charge in [-0.05, 0) is 36.0 Å². The van der Waals surface area contributed by atoms with E-state index in [1.807, 2.05) is 53.7 Å². The highest BCUT2D eigenvalue weighted by Crippen LogP contribution is 2.27. The molecule has 1 aliphatic carbocycles. The summed E-state index contributed by atoms with van der Waals surface area (Å²) in [7, 11) is 1.41. The zero-order valence-corrected chi connectivity index (χ0v) is 18.8. The van der Waals surface area contributed by atoms with Gasteiger partial charge in [0, 0.05) is 6.54 Å². The number of ether oxygens (including phenoxy) is 1. The first kappa shape index (κ1) is 27.8. The Bertz CT molecular complexity index is 631. The van der Waals surface area contributed by atoms with Crippen LogP contribution >= 0.6 is 0 Å². The summed E-state index contributed by atoms with van der Waals surface area (Å²) in [5.41, 5.74) is 3.56. The molecule has 0 saturated carbocycles. The van der Waals surface area contributed by atoms with E-state index in [0.717, 1.165) is 24.0 Å². The van der Waals surface area contributed by atoms with Gasteiger partial charge in [-0.15, -0.1) is 0 Å². The maximum Gasteiger partial charge on any atom is 0.323 e. The largest absolute Gasteiger partial charge is 0.468 e. The standard InChI is InChI=1S/C20H26N2O2.2C2H6/c1-6-7-18(12-21)15(4)17-10-8-16(9-11-17)13-22-19(14(2)3)20(23)24-5;2*1-2/h6-8,10,14,19,22H,1,4,9,11,13H2,2-3,5H3;2*1-2H3/b18-7-;;. The molecule has 0 amide bonds. The SMILES string of the molecule is C=C/C=C(/C#N)C(=C)C1=CC=C(CNC(C(=O)OC)C(C)C)CC1.CC.CC. The number of allylic oxidation sites excluding steroid dienone is 7. The molecule has 0 saturated heterocycles. The lowest BCUT2D eigenvalue weighted by Crippen LogP contribution is -2.42. The fourth-order valence-electron chi connectivity index (χ4n) is 2.53. The minimum Gasteiger partial charge on any atom is -0.468 e. The van der Waals surface area contributed by atoms with Crippen LogP contribution in [0, 0.1) is 17.2 Å². The molecule has 1 rings (SSSR count). The Morgan fingerprint density at radius 1 is 1.29 bits per heavy atom. The Labute approximate surface area is 172 Å². The van der Waals surface area contributed by atoms with Crippen molar-refractivity contribution < 1.29 is 9.53 Å². The summed E-state index contributed by atoms with van der Waals surface area (Å²) in [6.45, 7) is 20.2. The predicted octanol–water partition coefficient (Wildman–Crippen LogP) is 5.66. The quantitative estimate of drug-likeness (QED) is 0.332. The van der Waals surface area contributed by atoms with Crippen molar-refractivity contribution in [3.8, 4) is 6.07 Å². The first-order valence-electron chi connectivity index (χ1n) is 10.1. The molecule has 1 unspecified atom stereocenters. The average molecular weight is 387 g/mol. The summed E-state index contributed by atoms with van der Waals surface area (Å²) in [6.07, 6.45) is 9.00. The zero-order valence-electron chi connectivity index (χ0n) is 18.8. The van der Waals surface area contributed by atoms with E-state index in [4.69, 9.17) is 10.00 Å². The molecule has 1 N–H and O–H groups in total. The van der Waals surface area contributed by atoms with Crippen LogP contribution in [-0.2, 0) is 9.53 Å². The van der Waals surface area contributed by atoms with Gasteiger partial charge in [0.2, 0.25) is 0 Å². The second-order valence-electron chi connectivity index (χ2n) is 6.05. The molecule has 0 heterocycles. The van der Waals surface area contributed by atoms with E-state index in [9.17, 15) is 4.79 Å². The van der Waals surface area contributed by atoms with Crippen molar-refractivity contribution in [1.82, 2.24) is 5.32 Å². The highest BCUT2D eigenvalue weighted by molar-refractivity contribution is 5.76. The fraction of sp³-hybridized carbons (Fsp3) is 0.500. The number of methoxy groups -OCH3 is 1. The van der Waals surface area contributed by atoms with Crippen molar-refractivity contribution in [3.63, 3.8) is 0 Å². The third-order valence-corrected chi connectivity index (χ3v) is 4.02. The third kappa shape index (κ3) is 9.53. The van der Waals surface area contributed by atoms with Crippen LogP contribution in [0.5, 0.6) is 0 Å². The van der Waals surface area contributed by atoms with E-state index in [2.05, 4.69) is 24.5 Å². The van der Waals surface area contributed by atoms with Crippen molar-refractivity contribution in [2.45, 2.75) is 60.4 Å². The van der Waals surface area contributed by atoms with Crippen LogP contribution < -0.4 is 5.32 Å². The number of hydrogen-bond donors (Lipinski definition) is 1. The summed E-state index contributed by atoms with van der Waals surface area (Å²) in [4.78, 5) is 11.8. The number of rotatable bonds is 8. The average Bonchev–Trinajstić information content (AvgIpc) is 2.74. The Morgan fingerprint density at radius 3 is 2.29 bits per heavy atom. The Hall–Kier alpha value is -2.38. The zero-order chi connectivity index (χ0) is 22.1. The van der Waals surface area contributed by atoms with Crippen LogP contribution in [0.25, 0.3) is 0 Å².